The molecule has 5 heteroatoms. The van der Waals surface area contributed by atoms with Gasteiger partial charge in [-0.1, -0.05) is 19.3 Å². The molecule has 0 aromatic carbocycles. The highest BCUT2D eigenvalue weighted by molar-refractivity contribution is 5.81. The Labute approximate surface area is 113 Å². The molecule has 2 rings (SSSR count). The second-order valence-corrected chi connectivity index (χ2v) is 6.10. The summed E-state index contributed by atoms with van der Waals surface area (Å²) in [7, 11) is 0. The lowest BCUT2D eigenvalue weighted by molar-refractivity contribution is -0.141. The molecule has 2 aliphatic carbocycles. The molecule has 108 valence electrons. The number of carboxylic acid groups (broad SMARTS) is 1. The fourth-order valence-corrected chi connectivity index (χ4v) is 3.25. The van der Waals surface area contributed by atoms with Gasteiger partial charge in [0.15, 0.2) is 0 Å². The molecule has 0 aliphatic heterocycles. The Morgan fingerprint density at radius 3 is 2.42 bits per heavy atom. The molecule has 0 radical (unpaired) electrons. The smallest absolute Gasteiger partial charge is 0.305 e. The summed E-state index contributed by atoms with van der Waals surface area (Å²) < 4.78 is 0. The number of hydrogen-bond acceptors (Lipinski definition) is 3. The SMILES string of the molecule is NC1CCCCCC1C(=O)NC1(CC(=O)O)CCC1. The van der Waals surface area contributed by atoms with Crippen molar-refractivity contribution in [3.8, 4) is 0 Å². The lowest BCUT2D eigenvalue weighted by atomic mass is 9.74. The van der Waals surface area contributed by atoms with E-state index in [1.807, 2.05) is 0 Å². The van der Waals surface area contributed by atoms with Gasteiger partial charge < -0.3 is 16.2 Å². The molecular formula is C14H24N2O3. The Balaban J connectivity index is 1.96. The molecular weight excluding hydrogens is 244 g/mol. The maximum atomic E-state index is 12.4. The summed E-state index contributed by atoms with van der Waals surface area (Å²) in [6.07, 6.45) is 7.55. The van der Waals surface area contributed by atoms with Crippen LogP contribution in [0.15, 0.2) is 0 Å². The number of aliphatic carboxylic acids is 1. The van der Waals surface area contributed by atoms with E-state index in [1.54, 1.807) is 0 Å². The van der Waals surface area contributed by atoms with Crippen LogP contribution in [0.2, 0.25) is 0 Å². The average Bonchev–Trinajstić information content (AvgIpc) is 2.50. The van der Waals surface area contributed by atoms with Crippen molar-refractivity contribution < 1.29 is 14.7 Å². The fourth-order valence-electron chi connectivity index (χ4n) is 3.25. The number of carbonyl (C=O) groups is 2. The van der Waals surface area contributed by atoms with E-state index >= 15 is 0 Å². The van der Waals surface area contributed by atoms with Gasteiger partial charge in [-0.25, -0.2) is 0 Å². The van der Waals surface area contributed by atoms with Crippen LogP contribution in [0.4, 0.5) is 0 Å². The highest BCUT2D eigenvalue weighted by Crippen LogP contribution is 2.35. The lowest BCUT2D eigenvalue weighted by Gasteiger charge is -2.42. The minimum absolute atomic E-state index is 0.0285. The highest BCUT2D eigenvalue weighted by atomic mass is 16.4. The van der Waals surface area contributed by atoms with Crippen molar-refractivity contribution in [2.75, 3.05) is 0 Å². The van der Waals surface area contributed by atoms with E-state index in [2.05, 4.69) is 5.32 Å². The first-order valence-corrected chi connectivity index (χ1v) is 7.32. The van der Waals surface area contributed by atoms with E-state index in [0.29, 0.717) is 0 Å². The number of nitrogens with two attached hydrogens (primary N) is 1. The van der Waals surface area contributed by atoms with Gasteiger partial charge in [-0.2, -0.15) is 0 Å². The Kier molecular flexibility index (Phi) is 4.45. The second-order valence-electron chi connectivity index (χ2n) is 6.10. The van der Waals surface area contributed by atoms with Crippen LogP contribution in [0, 0.1) is 5.92 Å². The molecule has 2 aliphatic rings. The number of carbonyl (C=O) groups excluding carboxylic acids is 1. The molecule has 2 atom stereocenters. The Bertz CT molecular complexity index is 353. The number of carboxylic acids is 1. The maximum absolute atomic E-state index is 12.4. The van der Waals surface area contributed by atoms with Crippen molar-refractivity contribution in [2.45, 2.75) is 69.4 Å². The monoisotopic (exact) mass is 268 g/mol. The van der Waals surface area contributed by atoms with E-state index in [-0.39, 0.29) is 24.3 Å². The molecule has 2 unspecified atom stereocenters. The molecule has 5 nitrogen and oxygen atoms in total. The first-order chi connectivity index (χ1) is 9.02. The van der Waals surface area contributed by atoms with Crippen molar-refractivity contribution in [1.29, 1.82) is 0 Å². The van der Waals surface area contributed by atoms with Crippen LogP contribution < -0.4 is 11.1 Å². The Morgan fingerprint density at radius 1 is 1.16 bits per heavy atom. The number of nitrogens with one attached hydrogen (secondary N) is 1. The van der Waals surface area contributed by atoms with Crippen LogP contribution in [0.3, 0.4) is 0 Å². The topological polar surface area (TPSA) is 92.4 Å². The molecule has 0 saturated heterocycles. The number of amides is 1. The highest BCUT2D eigenvalue weighted by Gasteiger charge is 2.42. The summed E-state index contributed by atoms with van der Waals surface area (Å²) >= 11 is 0. The third-order valence-corrected chi connectivity index (χ3v) is 4.59. The third kappa shape index (κ3) is 3.47. The van der Waals surface area contributed by atoms with Crippen molar-refractivity contribution in [2.24, 2.45) is 11.7 Å². The van der Waals surface area contributed by atoms with Crippen LogP contribution in [0.5, 0.6) is 0 Å². The quantitative estimate of drug-likeness (QED) is 0.672. The van der Waals surface area contributed by atoms with E-state index in [9.17, 15) is 9.59 Å². The van der Waals surface area contributed by atoms with Gasteiger partial charge in [0.2, 0.25) is 5.91 Å². The van der Waals surface area contributed by atoms with Gasteiger partial charge in [0.25, 0.3) is 0 Å². The van der Waals surface area contributed by atoms with E-state index in [4.69, 9.17) is 10.8 Å². The first kappa shape index (κ1) is 14.3. The van der Waals surface area contributed by atoms with Gasteiger partial charge in [-0.05, 0) is 32.1 Å². The summed E-state index contributed by atoms with van der Waals surface area (Å²) in [5.41, 5.74) is 5.58. The van der Waals surface area contributed by atoms with Gasteiger partial charge >= 0.3 is 5.97 Å². The van der Waals surface area contributed by atoms with Crippen LogP contribution in [0.25, 0.3) is 0 Å². The molecule has 0 bridgehead atoms. The fraction of sp³-hybridized carbons (Fsp3) is 0.857. The first-order valence-electron chi connectivity index (χ1n) is 7.32. The van der Waals surface area contributed by atoms with Crippen molar-refractivity contribution >= 4 is 11.9 Å². The average molecular weight is 268 g/mol. The summed E-state index contributed by atoms with van der Waals surface area (Å²) in [4.78, 5) is 23.3. The van der Waals surface area contributed by atoms with Crippen molar-refractivity contribution in [1.82, 2.24) is 5.32 Å². The van der Waals surface area contributed by atoms with Gasteiger partial charge in [0.1, 0.15) is 0 Å². The second kappa shape index (κ2) is 5.90. The summed E-state index contributed by atoms with van der Waals surface area (Å²) in [6.45, 7) is 0. The minimum Gasteiger partial charge on any atom is -0.481 e. The molecule has 19 heavy (non-hydrogen) atoms. The predicted molar refractivity (Wildman–Crippen MR) is 71.5 cm³/mol. The normalized spacial score (nSPS) is 29.9. The predicted octanol–water partition coefficient (Wildman–Crippen LogP) is 1.41. The van der Waals surface area contributed by atoms with E-state index in [0.717, 1.165) is 51.4 Å². The van der Waals surface area contributed by atoms with Crippen molar-refractivity contribution in [3.05, 3.63) is 0 Å². The largest absolute Gasteiger partial charge is 0.481 e. The molecule has 0 aromatic heterocycles. The van der Waals surface area contributed by atoms with Crippen LogP contribution >= 0.6 is 0 Å². The minimum atomic E-state index is -0.842. The molecule has 2 saturated carbocycles. The zero-order valence-electron chi connectivity index (χ0n) is 11.4. The van der Waals surface area contributed by atoms with E-state index < -0.39 is 11.5 Å². The number of rotatable bonds is 4. The standard InChI is InChI=1S/C14H24N2O3/c15-11-6-3-1-2-5-10(11)13(19)16-14(7-4-8-14)9-12(17)18/h10-11H,1-9,15H2,(H,16,19)(H,17,18). The van der Waals surface area contributed by atoms with Crippen LogP contribution in [-0.4, -0.2) is 28.6 Å². The maximum Gasteiger partial charge on any atom is 0.305 e. The van der Waals surface area contributed by atoms with E-state index in [1.165, 1.54) is 0 Å². The van der Waals surface area contributed by atoms with Gasteiger partial charge in [-0.15, -0.1) is 0 Å². The number of hydrogen-bond donors (Lipinski definition) is 3. The van der Waals surface area contributed by atoms with Gasteiger partial charge in [-0.3, -0.25) is 9.59 Å². The van der Waals surface area contributed by atoms with Gasteiger partial charge in [0.05, 0.1) is 17.9 Å². The third-order valence-electron chi connectivity index (χ3n) is 4.59. The summed E-state index contributed by atoms with van der Waals surface area (Å²) in [5, 5.41) is 11.9. The Morgan fingerprint density at radius 2 is 1.84 bits per heavy atom. The zero-order valence-corrected chi connectivity index (χ0v) is 11.4. The summed E-state index contributed by atoms with van der Waals surface area (Å²) in [5.74, 6) is -1.02. The van der Waals surface area contributed by atoms with Crippen LogP contribution in [-0.2, 0) is 9.59 Å². The molecule has 0 heterocycles. The molecule has 1 amide bonds. The lowest BCUT2D eigenvalue weighted by Crippen LogP contribution is -2.57. The molecule has 0 spiro atoms. The van der Waals surface area contributed by atoms with Crippen molar-refractivity contribution in [3.63, 3.8) is 0 Å². The zero-order chi connectivity index (χ0) is 13.9. The van der Waals surface area contributed by atoms with Crippen LogP contribution in [0.1, 0.15) is 57.8 Å². The molecule has 0 aromatic rings. The molecule has 2 fully saturated rings. The Hall–Kier alpha value is -1.10. The molecule has 4 N–H and O–H groups in total. The summed E-state index contributed by atoms with van der Waals surface area (Å²) in [6, 6.07) is -0.0792. The van der Waals surface area contributed by atoms with Gasteiger partial charge in [0, 0.05) is 6.04 Å².